The predicted molar refractivity (Wildman–Crippen MR) is 69.7 cm³/mol. The van der Waals surface area contributed by atoms with Gasteiger partial charge in [-0.25, -0.2) is 13.9 Å². The van der Waals surface area contributed by atoms with Crippen LogP contribution in [0.15, 0.2) is 42.6 Å². The number of benzene rings is 2. The lowest BCUT2D eigenvalue weighted by Gasteiger charge is -2.05. The van der Waals surface area contributed by atoms with Crippen LogP contribution in [0, 0.1) is 5.82 Å². The van der Waals surface area contributed by atoms with Crippen molar-refractivity contribution >= 4 is 16.9 Å². The number of aromatic carboxylic acids is 1. The van der Waals surface area contributed by atoms with Crippen molar-refractivity contribution in [3.63, 3.8) is 0 Å². The standard InChI is InChI=1S/C14H9FN2O3/c15-8-1-3-9(4-2-8)17-13-6-10(18)5-11(14(19)20)12(13)7-16-17/h1-7,18H,(H,19,20). The molecule has 0 fully saturated rings. The van der Waals surface area contributed by atoms with Gasteiger partial charge in [0.15, 0.2) is 0 Å². The Hall–Kier alpha value is -2.89. The normalized spacial score (nSPS) is 10.8. The van der Waals surface area contributed by atoms with Gasteiger partial charge < -0.3 is 10.2 Å². The molecule has 3 aromatic rings. The molecule has 100 valence electrons. The molecule has 0 saturated heterocycles. The first-order valence-electron chi connectivity index (χ1n) is 5.76. The Labute approximate surface area is 112 Å². The van der Waals surface area contributed by atoms with Gasteiger partial charge in [0.05, 0.1) is 23.0 Å². The summed E-state index contributed by atoms with van der Waals surface area (Å²) in [6.07, 6.45) is 1.40. The maximum absolute atomic E-state index is 12.9. The van der Waals surface area contributed by atoms with Crippen LogP contribution < -0.4 is 0 Å². The molecule has 0 amide bonds. The van der Waals surface area contributed by atoms with Crippen LogP contribution in [0.5, 0.6) is 5.75 Å². The molecule has 0 spiro atoms. The first-order chi connectivity index (χ1) is 9.56. The molecule has 3 rings (SSSR count). The molecule has 20 heavy (non-hydrogen) atoms. The average molecular weight is 272 g/mol. The fraction of sp³-hybridized carbons (Fsp3) is 0. The van der Waals surface area contributed by atoms with Crippen LogP contribution in [0.25, 0.3) is 16.6 Å². The number of carbonyl (C=O) groups is 1. The highest BCUT2D eigenvalue weighted by Gasteiger charge is 2.15. The number of nitrogens with zero attached hydrogens (tertiary/aromatic N) is 2. The molecule has 1 heterocycles. The van der Waals surface area contributed by atoms with E-state index in [0.29, 0.717) is 16.6 Å². The van der Waals surface area contributed by atoms with Crippen molar-refractivity contribution in [2.75, 3.05) is 0 Å². The first kappa shape index (κ1) is 12.2. The van der Waals surface area contributed by atoms with Gasteiger partial charge in [0.2, 0.25) is 0 Å². The number of rotatable bonds is 2. The van der Waals surface area contributed by atoms with Crippen LogP contribution in [0.4, 0.5) is 4.39 Å². The first-order valence-corrected chi connectivity index (χ1v) is 5.76. The van der Waals surface area contributed by atoms with Gasteiger partial charge in [0, 0.05) is 11.5 Å². The molecule has 0 atom stereocenters. The Morgan fingerprint density at radius 1 is 1.20 bits per heavy atom. The number of hydrogen-bond donors (Lipinski definition) is 2. The molecule has 2 N–H and O–H groups in total. The van der Waals surface area contributed by atoms with Crippen LogP contribution in [0.1, 0.15) is 10.4 Å². The second kappa shape index (κ2) is 4.34. The molecular formula is C14H9FN2O3. The zero-order valence-electron chi connectivity index (χ0n) is 10.1. The van der Waals surface area contributed by atoms with Crippen molar-refractivity contribution in [3.05, 3.63) is 54.0 Å². The van der Waals surface area contributed by atoms with Gasteiger partial charge in [0.1, 0.15) is 11.6 Å². The number of halogens is 1. The molecule has 2 aromatic carbocycles. The molecule has 0 radical (unpaired) electrons. The summed E-state index contributed by atoms with van der Waals surface area (Å²) < 4.78 is 14.4. The molecule has 5 nitrogen and oxygen atoms in total. The third-order valence-corrected chi connectivity index (χ3v) is 2.98. The highest BCUT2D eigenvalue weighted by molar-refractivity contribution is 6.03. The highest BCUT2D eigenvalue weighted by Crippen LogP contribution is 2.26. The maximum Gasteiger partial charge on any atom is 0.336 e. The second-order valence-electron chi connectivity index (χ2n) is 4.26. The Balaban J connectivity index is 2.28. The third kappa shape index (κ3) is 1.87. The van der Waals surface area contributed by atoms with Gasteiger partial charge >= 0.3 is 5.97 Å². The lowest BCUT2D eigenvalue weighted by Crippen LogP contribution is -1.99. The van der Waals surface area contributed by atoms with E-state index in [9.17, 15) is 14.3 Å². The fourth-order valence-corrected chi connectivity index (χ4v) is 2.08. The zero-order valence-corrected chi connectivity index (χ0v) is 10.1. The smallest absolute Gasteiger partial charge is 0.336 e. The van der Waals surface area contributed by atoms with Crippen molar-refractivity contribution in [3.8, 4) is 11.4 Å². The molecule has 0 aliphatic heterocycles. The van der Waals surface area contributed by atoms with Gasteiger partial charge in [-0.15, -0.1) is 0 Å². The van der Waals surface area contributed by atoms with Gasteiger partial charge in [-0.05, 0) is 30.3 Å². The van der Waals surface area contributed by atoms with Crippen LogP contribution >= 0.6 is 0 Å². The van der Waals surface area contributed by atoms with E-state index in [0.717, 1.165) is 0 Å². The highest BCUT2D eigenvalue weighted by atomic mass is 19.1. The minimum atomic E-state index is -1.15. The summed E-state index contributed by atoms with van der Waals surface area (Å²) >= 11 is 0. The number of carboxylic acid groups (broad SMARTS) is 1. The van der Waals surface area contributed by atoms with Crippen LogP contribution in [-0.2, 0) is 0 Å². The second-order valence-corrected chi connectivity index (χ2v) is 4.26. The van der Waals surface area contributed by atoms with Gasteiger partial charge in [-0.2, -0.15) is 5.10 Å². The molecule has 0 saturated carbocycles. The van der Waals surface area contributed by atoms with E-state index in [4.69, 9.17) is 5.11 Å². The number of fused-ring (bicyclic) bond motifs is 1. The summed E-state index contributed by atoms with van der Waals surface area (Å²) in [6, 6.07) is 8.19. The van der Waals surface area contributed by atoms with Crippen molar-refractivity contribution in [2.45, 2.75) is 0 Å². The van der Waals surface area contributed by atoms with Crippen molar-refractivity contribution in [2.24, 2.45) is 0 Å². The lowest BCUT2D eigenvalue weighted by molar-refractivity contribution is 0.0698. The molecule has 0 unspecified atom stereocenters. The number of phenolic OH excluding ortho intramolecular Hbond substituents is 1. The summed E-state index contributed by atoms with van der Waals surface area (Å²) in [5, 5.41) is 23.3. The van der Waals surface area contributed by atoms with Gasteiger partial charge in [-0.1, -0.05) is 0 Å². The molecule has 0 aliphatic carbocycles. The molecule has 6 heteroatoms. The van der Waals surface area contributed by atoms with Gasteiger partial charge in [0.25, 0.3) is 0 Å². The Bertz CT molecular complexity index is 809. The summed E-state index contributed by atoms with van der Waals surface area (Å²) in [6.45, 7) is 0. The zero-order chi connectivity index (χ0) is 14.3. The Morgan fingerprint density at radius 2 is 1.90 bits per heavy atom. The number of aromatic hydroxyl groups is 1. The average Bonchev–Trinajstić information content (AvgIpc) is 2.82. The van der Waals surface area contributed by atoms with Crippen molar-refractivity contribution in [1.82, 2.24) is 9.78 Å². The fourth-order valence-electron chi connectivity index (χ4n) is 2.08. The Morgan fingerprint density at radius 3 is 2.55 bits per heavy atom. The molecule has 0 aliphatic rings. The number of phenols is 1. The summed E-state index contributed by atoms with van der Waals surface area (Å²) in [7, 11) is 0. The summed E-state index contributed by atoms with van der Waals surface area (Å²) in [5.74, 6) is -1.69. The maximum atomic E-state index is 12.9. The van der Waals surface area contributed by atoms with Crippen molar-refractivity contribution < 1.29 is 19.4 Å². The minimum absolute atomic E-state index is 0.0339. The quantitative estimate of drug-likeness (QED) is 0.751. The van der Waals surface area contributed by atoms with E-state index in [2.05, 4.69) is 5.10 Å². The van der Waals surface area contributed by atoms with E-state index in [1.54, 1.807) is 0 Å². The number of hydrogen-bond acceptors (Lipinski definition) is 3. The molecule has 0 bridgehead atoms. The van der Waals surface area contributed by atoms with Gasteiger partial charge in [-0.3, -0.25) is 0 Å². The van der Waals surface area contributed by atoms with Crippen molar-refractivity contribution in [1.29, 1.82) is 0 Å². The number of aromatic nitrogens is 2. The number of carboxylic acids is 1. The minimum Gasteiger partial charge on any atom is -0.508 e. The molecular weight excluding hydrogens is 263 g/mol. The molecule has 1 aromatic heterocycles. The summed E-state index contributed by atoms with van der Waals surface area (Å²) in [4.78, 5) is 11.2. The van der Waals surface area contributed by atoms with Crippen LogP contribution in [-0.4, -0.2) is 26.0 Å². The monoisotopic (exact) mass is 272 g/mol. The van der Waals surface area contributed by atoms with Crippen LogP contribution in [0.2, 0.25) is 0 Å². The van der Waals surface area contributed by atoms with Crippen LogP contribution in [0.3, 0.4) is 0 Å². The van der Waals surface area contributed by atoms with E-state index < -0.39 is 5.97 Å². The topological polar surface area (TPSA) is 75.3 Å². The third-order valence-electron chi connectivity index (χ3n) is 2.98. The SMILES string of the molecule is O=C(O)c1cc(O)cc2c1cnn2-c1ccc(F)cc1. The van der Waals surface area contributed by atoms with E-state index in [1.165, 1.54) is 47.3 Å². The Kier molecular flexibility index (Phi) is 2.64. The lowest BCUT2D eigenvalue weighted by atomic mass is 10.1. The predicted octanol–water partition coefficient (Wildman–Crippen LogP) is 2.57. The van der Waals surface area contributed by atoms with E-state index in [1.807, 2.05) is 0 Å². The summed E-state index contributed by atoms with van der Waals surface area (Å²) in [5.41, 5.74) is 0.978. The van der Waals surface area contributed by atoms with E-state index >= 15 is 0 Å². The largest absolute Gasteiger partial charge is 0.508 e. The van der Waals surface area contributed by atoms with E-state index in [-0.39, 0.29) is 17.1 Å².